The number of fused-ring (bicyclic) bond motifs is 1. The molecule has 1 saturated heterocycles. The minimum atomic E-state index is -0.233. The molecule has 3 aromatic rings. The molecule has 1 fully saturated rings. The van der Waals surface area contributed by atoms with Crippen molar-refractivity contribution in [1.82, 2.24) is 24.3 Å². The minimum Gasteiger partial charge on any atom is -0.316 e. The van der Waals surface area contributed by atoms with Crippen LogP contribution in [-0.4, -0.2) is 49.2 Å². The van der Waals surface area contributed by atoms with Gasteiger partial charge >= 0.3 is 0 Å². The second-order valence-corrected chi connectivity index (χ2v) is 8.44. The van der Waals surface area contributed by atoms with Crippen molar-refractivity contribution in [1.29, 1.82) is 0 Å². The lowest BCUT2D eigenvalue weighted by atomic mass is 9.96. The maximum absolute atomic E-state index is 12.7. The highest BCUT2D eigenvalue weighted by Crippen LogP contribution is 2.29. The molecule has 1 aromatic carbocycles. The Labute approximate surface area is 172 Å². The van der Waals surface area contributed by atoms with E-state index in [4.69, 9.17) is 0 Å². The van der Waals surface area contributed by atoms with Crippen molar-refractivity contribution in [2.45, 2.75) is 32.0 Å². The largest absolute Gasteiger partial charge is 0.316 e. The molecule has 0 unspecified atom stereocenters. The van der Waals surface area contributed by atoms with Crippen molar-refractivity contribution < 1.29 is 9.59 Å². The Bertz CT molecular complexity index is 1000. The van der Waals surface area contributed by atoms with Crippen molar-refractivity contribution in [3.05, 3.63) is 70.2 Å². The first kappa shape index (κ1) is 18.2. The van der Waals surface area contributed by atoms with Crippen LogP contribution in [0.4, 0.5) is 0 Å². The summed E-state index contributed by atoms with van der Waals surface area (Å²) in [7, 11) is 0. The van der Waals surface area contributed by atoms with E-state index in [1.807, 2.05) is 22.3 Å². The van der Waals surface area contributed by atoms with Gasteiger partial charge in [0.1, 0.15) is 17.5 Å². The first-order valence-electron chi connectivity index (χ1n) is 9.77. The average molecular weight is 407 g/mol. The number of carbonyl (C=O) groups excluding carboxylic acids is 2. The normalized spacial score (nSPS) is 17.9. The number of benzene rings is 1. The summed E-state index contributed by atoms with van der Waals surface area (Å²) in [6.07, 6.45) is 7.48. The molecule has 2 amide bonds. The molecule has 7 nitrogen and oxygen atoms in total. The Kier molecular flexibility index (Phi) is 4.73. The third-order valence-electron chi connectivity index (χ3n) is 5.71. The zero-order valence-electron chi connectivity index (χ0n) is 15.9. The van der Waals surface area contributed by atoms with Gasteiger partial charge in [0, 0.05) is 29.9 Å². The highest BCUT2D eigenvalue weighted by atomic mass is 32.1. The quantitative estimate of drug-likeness (QED) is 0.608. The van der Waals surface area contributed by atoms with Crippen LogP contribution >= 0.6 is 11.3 Å². The van der Waals surface area contributed by atoms with Gasteiger partial charge in [0.05, 0.1) is 17.7 Å². The molecule has 0 atom stereocenters. The van der Waals surface area contributed by atoms with E-state index in [2.05, 4.69) is 14.9 Å². The van der Waals surface area contributed by atoms with Crippen LogP contribution in [0.1, 0.15) is 50.3 Å². The van der Waals surface area contributed by atoms with Crippen LogP contribution in [0.2, 0.25) is 0 Å². The van der Waals surface area contributed by atoms with Gasteiger partial charge in [-0.1, -0.05) is 12.1 Å². The number of aromatic nitrogens is 3. The number of imidazole rings is 1. The molecule has 0 bridgehead atoms. The fourth-order valence-electron chi connectivity index (χ4n) is 4.19. The molecule has 8 heteroatoms. The van der Waals surface area contributed by atoms with Gasteiger partial charge in [-0.05, 0) is 38.1 Å². The highest BCUT2D eigenvalue weighted by Gasteiger charge is 2.36. The van der Waals surface area contributed by atoms with Gasteiger partial charge in [0.25, 0.3) is 11.8 Å². The molecule has 0 spiro atoms. The van der Waals surface area contributed by atoms with Crippen LogP contribution in [0.25, 0.3) is 0 Å². The van der Waals surface area contributed by atoms with E-state index in [0.717, 1.165) is 43.3 Å². The van der Waals surface area contributed by atoms with Crippen LogP contribution in [0, 0.1) is 0 Å². The molecule has 0 saturated carbocycles. The van der Waals surface area contributed by atoms with E-state index in [9.17, 15) is 9.59 Å². The number of amides is 2. The van der Waals surface area contributed by atoms with Gasteiger partial charge in [-0.15, -0.1) is 11.3 Å². The zero-order valence-corrected chi connectivity index (χ0v) is 16.7. The lowest BCUT2D eigenvalue weighted by Gasteiger charge is -2.31. The second kappa shape index (κ2) is 7.53. The van der Waals surface area contributed by atoms with Crippen molar-refractivity contribution in [2.24, 2.45) is 0 Å². The van der Waals surface area contributed by atoms with E-state index in [0.29, 0.717) is 17.0 Å². The molecular formula is C21H21N5O2S. The molecule has 0 radical (unpaired) electrons. The lowest BCUT2D eigenvalue weighted by molar-refractivity contribution is 0.0602. The molecule has 148 valence electrons. The van der Waals surface area contributed by atoms with Crippen molar-refractivity contribution >= 4 is 23.2 Å². The predicted molar refractivity (Wildman–Crippen MR) is 109 cm³/mol. The third kappa shape index (κ3) is 3.38. The maximum Gasteiger partial charge on any atom is 0.263 e. The van der Waals surface area contributed by atoms with Crippen LogP contribution in [0.15, 0.2) is 48.2 Å². The fourth-order valence-corrected chi connectivity index (χ4v) is 4.85. The van der Waals surface area contributed by atoms with Crippen LogP contribution in [0.5, 0.6) is 0 Å². The average Bonchev–Trinajstić information content (AvgIpc) is 3.47. The van der Waals surface area contributed by atoms with Gasteiger partial charge in [0.15, 0.2) is 0 Å². The standard InChI is InChI=1S/C21H21N5O2S/c27-20-16-3-1-2-4-17(16)21(28)26(20)14-25-11-7-23-19(25)15-5-9-24(10-6-15)13-18-22-8-12-29-18/h1-4,7-8,11-12,15H,5-6,9-10,13-14H2. The number of imide groups is 1. The molecule has 2 aliphatic heterocycles. The molecule has 0 aliphatic carbocycles. The smallest absolute Gasteiger partial charge is 0.263 e. The van der Waals surface area contributed by atoms with E-state index < -0.39 is 0 Å². The van der Waals surface area contributed by atoms with E-state index in [1.54, 1.807) is 41.8 Å². The second-order valence-electron chi connectivity index (χ2n) is 7.46. The van der Waals surface area contributed by atoms with Crippen molar-refractivity contribution in [3.8, 4) is 0 Å². The number of piperidine rings is 1. The summed E-state index contributed by atoms with van der Waals surface area (Å²) in [5, 5.41) is 3.16. The molecule has 2 aromatic heterocycles. The molecule has 2 aliphatic rings. The summed E-state index contributed by atoms with van der Waals surface area (Å²) in [4.78, 5) is 38.0. The van der Waals surface area contributed by atoms with E-state index >= 15 is 0 Å². The van der Waals surface area contributed by atoms with Crippen LogP contribution in [-0.2, 0) is 13.2 Å². The summed E-state index contributed by atoms with van der Waals surface area (Å²) in [5.74, 6) is 0.815. The van der Waals surface area contributed by atoms with E-state index in [-0.39, 0.29) is 18.5 Å². The Balaban J connectivity index is 1.26. The summed E-state index contributed by atoms with van der Waals surface area (Å²) in [5.41, 5.74) is 0.962. The first-order valence-corrected chi connectivity index (χ1v) is 10.7. The van der Waals surface area contributed by atoms with Gasteiger partial charge < -0.3 is 4.57 Å². The predicted octanol–water partition coefficient (Wildman–Crippen LogP) is 2.97. The topological polar surface area (TPSA) is 71.3 Å². The Hall–Kier alpha value is -2.84. The molecule has 5 rings (SSSR count). The highest BCUT2D eigenvalue weighted by molar-refractivity contribution is 7.09. The number of hydrogen-bond donors (Lipinski definition) is 0. The maximum atomic E-state index is 12.7. The van der Waals surface area contributed by atoms with Crippen molar-refractivity contribution in [3.63, 3.8) is 0 Å². The van der Waals surface area contributed by atoms with Gasteiger partial charge in [-0.25, -0.2) is 9.97 Å². The summed E-state index contributed by atoms with van der Waals surface area (Å²) < 4.78 is 1.95. The Morgan fingerprint density at radius 3 is 2.38 bits per heavy atom. The fraction of sp³-hybridized carbons (Fsp3) is 0.333. The number of nitrogens with zero attached hydrogens (tertiary/aromatic N) is 5. The Morgan fingerprint density at radius 2 is 1.72 bits per heavy atom. The number of carbonyl (C=O) groups is 2. The van der Waals surface area contributed by atoms with Gasteiger partial charge in [-0.3, -0.25) is 19.4 Å². The molecule has 0 N–H and O–H groups in total. The number of likely N-dealkylation sites (tertiary alicyclic amines) is 1. The third-order valence-corrected chi connectivity index (χ3v) is 6.48. The minimum absolute atomic E-state index is 0.209. The van der Waals surface area contributed by atoms with Crippen LogP contribution < -0.4 is 0 Å². The first-order chi connectivity index (χ1) is 14.2. The number of hydrogen-bond acceptors (Lipinski definition) is 6. The summed E-state index contributed by atoms with van der Waals surface area (Å²) in [6.45, 7) is 3.09. The summed E-state index contributed by atoms with van der Waals surface area (Å²) >= 11 is 1.69. The number of rotatable bonds is 5. The molecule has 4 heterocycles. The van der Waals surface area contributed by atoms with Crippen LogP contribution in [0.3, 0.4) is 0 Å². The summed E-state index contributed by atoms with van der Waals surface area (Å²) in [6, 6.07) is 7.00. The van der Waals surface area contributed by atoms with Gasteiger partial charge in [0.2, 0.25) is 0 Å². The zero-order chi connectivity index (χ0) is 19.8. The SMILES string of the molecule is O=C1c2ccccc2C(=O)N1Cn1ccnc1C1CCN(Cc2nccs2)CC1. The van der Waals surface area contributed by atoms with Gasteiger partial charge in [-0.2, -0.15) is 0 Å². The van der Waals surface area contributed by atoms with Crippen molar-refractivity contribution in [2.75, 3.05) is 13.1 Å². The number of thiazole rings is 1. The lowest BCUT2D eigenvalue weighted by Crippen LogP contribution is -2.35. The Morgan fingerprint density at radius 1 is 1.00 bits per heavy atom. The molecular weight excluding hydrogens is 386 g/mol. The molecule has 29 heavy (non-hydrogen) atoms. The van der Waals surface area contributed by atoms with E-state index in [1.165, 1.54) is 4.90 Å². The monoisotopic (exact) mass is 407 g/mol.